The fourth-order valence-electron chi connectivity index (χ4n) is 2.08. The molecule has 2 rings (SSSR count). The lowest BCUT2D eigenvalue weighted by Gasteiger charge is -2.07. The van der Waals surface area contributed by atoms with Gasteiger partial charge in [0.25, 0.3) is 0 Å². The molecule has 0 saturated carbocycles. The Bertz CT molecular complexity index is 681. The highest BCUT2D eigenvalue weighted by atomic mass is 35.5. The first kappa shape index (κ1) is 18.0. The number of esters is 1. The fourth-order valence-corrected chi connectivity index (χ4v) is 2.21. The van der Waals surface area contributed by atoms with Crippen molar-refractivity contribution in [1.29, 1.82) is 0 Å². The Labute approximate surface area is 146 Å². The third-order valence-corrected chi connectivity index (χ3v) is 3.77. The van der Waals surface area contributed by atoms with E-state index in [1.54, 1.807) is 24.3 Å². The first-order chi connectivity index (χ1) is 11.6. The summed E-state index contributed by atoms with van der Waals surface area (Å²) < 4.78 is 5.14. The smallest absolute Gasteiger partial charge is 0.306 e. The minimum Gasteiger partial charge on any atom is -0.461 e. The molecule has 0 heterocycles. The van der Waals surface area contributed by atoms with E-state index in [1.807, 2.05) is 24.3 Å². The van der Waals surface area contributed by atoms with Crippen LogP contribution in [0.5, 0.6) is 0 Å². The van der Waals surface area contributed by atoms with Gasteiger partial charge in [-0.1, -0.05) is 42.8 Å². The molecular formula is C19H20ClNO3. The van der Waals surface area contributed by atoms with Crippen LogP contribution in [-0.4, -0.2) is 11.9 Å². The second kappa shape index (κ2) is 9.08. The maximum absolute atomic E-state index is 11.8. The quantitative estimate of drug-likeness (QED) is 0.758. The number of anilines is 1. The zero-order chi connectivity index (χ0) is 17.4. The van der Waals surface area contributed by atoms with Gasteiger partial charge in [0.1, 0.15) is 6.61 Å². The molecule has 0 radical (unpaired) electrons. The molecule has 0 fully saturated rings. The van der Waals surface area contributed by atoms with Crippen LogP contribution in [0.4, 0.5) is 5.69 Å². The first-order valence-corrected chi connectivity index (χ1v) is 8.23. The van der Waals surface area contributed by atoms with Gasteiger partial charge < -0.3 is 10.1 Å². The minimum atomic E-state index is -0.401. The van der Waals surface area contributed by atoms with Gasteiger partial charge in [-0.25, -0.2) is 0 Å². The second-order valence-corrected chi connectivity index (χ2v) is 5.82. The highest BCUT2D eigenvalue weighted by Crippen LogP contribution is 2.12. The Morgan fingerprint density at radius 1 is 0.958 bits per heavy atom. The minimum absolute atomic E-state index is 0.0481. The molecule has 0 bridgehead atoms. The van der Waals surface area contributed by atoms with Crippen LogP contribution in [0.25, 0.3) is 0 Å². The highest BCUT2D eigenvalue weighted by molar-refractivity contribution is 6.30. The Morgan fingerprint density at radius 2 is 1.58 bits per heavy atom. The van der Waals surface area contributed by atoms with Crippen molar-refractivity contribution < 1.29 is 14.3 Å². The zero-order valence-electron chi connectivity index (χ0n) is 13.5. The number of hydrogen-bond donors (Lipinski definition) is 1. The monoisotopic (exact) mass is 345 g/mol. The highest BCUT2D eigenvalue weighted by Gasteiger charge is 2.09. The topological polar surface area (TPSA) is 55.4 Å². The van der Waals surface area contributed by atoms with Gasteiger partial charge in [-0.15, -0.1) is 0 Å². The third kappa shape index (κ3) is 6.05. The summed E-state index contributed by atoms with van der Waals surface area (Å²) in [7, 11) is 0. The van der Waals surface area contributed by atoms with E-state index in [0.29, 0.717) is 5.02 Å². The summed E-state index contributed by atoms with van der Waals surface area (Å²) in [6.45, 7) is 2.25. The van der Waals surface area contributed by atoms with Crippen molar-refractivity contribution in [2.45, 2.75) is 32.8 Å². The number of benzene rings is 2. The largest absolute Gasteiger partial charge is 0.461 e. The predicted octanol–water partition coefficient (Wildman–Crippen LogP) is 4.36. The molecule has 1 amide bonds. The lowest BCUT2D eigenvalue weighted by molar-refractivity contribution is -0.145. The third-order valence-electron chi connectivity index (χ3n) is 3.52. The van der Waals surface area contributed by atoms with E-state index in [1.165, 1.54) is 5.56 Å². The number of nitrogens with one attached hydrogen (secondary N) is 1. The molecule has 126 valence electrons. The molecule has 0 aromatic heterocycles. The van der Waals surface area contributed by atoms with Crippen LogP contribution in [0, 0.1) is 0 Å². The van der Waals surface area contributed by atoms with Crippen molar-refractivity contribution in [1.82, 2.24) is 0 Å². The van der Waals surface area contributed by atoms with Crippen molar-refractivity contribution in [3.63, 3.8) is 0 Å². The van der Waals surface area contributed by atoms with Gasteiger partial charge >= 0.3 is 5.97 Å². The molecule has 24 heavy (non-hydrogen) atoms. The molecule has 5 heteroatoms. The zero-order valence-corrected chi connectivity index (χ0v) is 14.3. The summed E-state index contributed by atoms with van der Waals surface area (Å²) >= 11 is 5.79. The number of halogens is 1. The average Bonchev–Trinajstić information content (AvgIpc) is 2.60. The Hall–Kier alpha value is -2.33. The first-order valence-electron chi connectivity index (χ1n) is 7.85. The molecule has 0 saturated heterocycles. The molecule has 0 aliphatic carbocycles. The van der Waals surface area contributed by atoms with Crippen LogP contribution in [0.15, 0.2) is 48.5 Å². The van der Waals surface area contributed by atoms with Crippen LogP contribution >= 0.6 is 11.6 Å². The van der Waals surface area contributed by atoms with Gasteiger partial charge in [0, 0.05) is 17.1 Å². The van der Waals surface area contributed by atoms with Crippen LogP contribution in [-0.2, 0) is 27.4 Å². The molecular weight excluding hydrogens is 326 g/mol. The van der Waals surface area contributed by atoms with E-state index >= 15 is 0 Å². The van der Waals surface area contributed by atoms with Crippen molar-refractivity contribution in [3.8, 4) is 0 Å². The molecule has 2 aromatic rings. The molecule has 0 unspecified atom stereocenters. The molecule has 0 aliphatic rings. The predicted molar refractivity (Wildman–Crippen MR) is 94.9 cm³/mol. The Kier molecular flexibility index (Phi) is 6.82. The summed E-state index contributed by atoms with van der Waals surface area (Å²) in [5.41, 5.74) is 2.79. The summed E-state index contributed by atoms with van der Waals surface area (Å²) in [6, 6.07) is 14.7. The Morgan fingerprint density at radius 3 is 2.21 bits per heavy atom. The lowest BCUT2D eigenvalue weighted by atomic mass is 10.1. The normalized spacial score (nSPS) is 10.2. The SMILES string of the molecule is CCc1ccc(NC(=O)CCC(=O)OCc2ccc(Cl)cc2)cc1. The van der Waals surface area contributed by atoms with Crippen LogP contribution < -0.4 is 5.32 Å². The number of carbonyl (C=O) groups is 2. The molecule has 0 atom stereocenters. The van der Waals surface area contributed by atoms with Gasteiger partial charge in [0.05, 0.1) is 6.42 Å². The van der Waals surface area contributed by atoms with Crippen LogP contribution in [0.1, 0.15) is 30.9 Å². The van der Waals surface area contributed by atoms with E-state index in [0.717, 1.165) is 17.7 Å². The van der Waals surface area contributed by atoms with Crippen molar-refractivity contribution >= 4 is 29.2 Å². The van der Waals surface area contributed by atoms with E-state index in [4.69, 9.17) is 16.3 Å². The number of carbonyl (C=O) groups excluding carboxylic acids is 2. The number of rotatable bonds is 7. The Balaban J connectivity index is 1.70. The second-order valence-electron chi connectivity index (χ2n) is 5.39. The maximum atomic E-state index is 11.8. The van der Waals surface area contributed by atoms with Gasteiger partial charge in [-0.2, -0.15) is 0 Å². The van der Waals surface area contributed by atoms with E-state index in [2.05, 4.69) is 12.2 Å². The lowest BCUT2D eigenvalue weighted by Crippen LogP contribution is -2.14. The summed E-state index contributed by atoms with van der Waals surface area (Å²) in [6.07, 6.45) is 1.09. The van der Waals surface area contributed by atoms with Crippen LogP contribution in [0.2, 0.25) is 5.02 Å². The van der Waals surface area contributed by atoms with Crippen molar-refractivity contribution in [3.05, 3.63) is 64.7 Å². The summed E-state index contributed by atoms with van der Waals surface area (Å²) in [5.74, 6) is -0.607. The summed E-state index contributed by atoms with van der Waals surface area (Å²) in [4.78, 5) is 23.5. The average molecular weight is 346 g/mol. The summed E-state index contributed by atoms with van der Waals surface area (Å²) in [5, 5.41) is 3.40. The molecule has 2 aromatic carbocycles. The molecule has 1 N–H and O–H groups in total. The number of hydrogen-bond acceptors (Lipinski definition) is 3. The number of amides is 1. The van der Waals surface area contributed by atoms with Crippen molar-refractivity contribution in [2.75, 3.05) is 5.32 Å². The van der Waals surface area contributed by atoms with E-state index in [-0.39, 0.29) is 25.4 Å². The van der Waals surface area contributed by atoms with E-state index < -0.39 is 5.97 Å². The number of ether oxygens (including phenoxy) is 1. The maximum Gasteiger partial charge on any atom is 0.306 e. The number of aryl methyl sites for hydroxylation is 1. The van der Waals surface area contributed by atoms with Gasteiger partial charge in [-0.3, -0.25) is 9.59 Å². The molecule has 0 spiro atoms. The van der Waals surface area contributed by atoms with Gasteiger partial charge in [0.2, 0.25) is 5.91 Å². The molecule has 4 nitrogen and oxygen atoms in total. The van der Waals surface area contributed by atoms with E-state index in [9.17, 15) is 9.59 Å². The van der Waals surface area contributed by atoms with Gasteiger partial charge in [-0.05, 0) is 41.8 Å². The van der Waals surface area contributed by atoms with Crippen LogP contribution in [0.3, 0.4) is 0 Å². The molecule has 0 aliphatic heterocycles. The fraction of sp³-hybridized carbons (Fsp3) is 0.263. The standard InChI is InChI=1S/C19H20ClNO3/c1-2-14-5-9-17(10-6-14)21-18(22)11-12-19(23)24-13-15-3-7-16(20)8-4-15/h3-10H,2,11-13H2,1H3,(H,21,22). The van der Waals surface area contributed by atoms with Crippen molar-refractivity contribution in [2.24, 2.45) is 0 Å². The van der Waals surface area contributed by atoms with Gasteiger partial charge in [0.15, 0.2) is 0 Å².